The first-order chi connectivity index (χ1) is 15.7. The van der Waals surface area contributed by atoms with E-state index in [1.807, 2.05) is 17.9 Å². The van der Waals surface area contributed by atoms with Gasteiger partial charge in [0.25, 0.3) is 0 Å². The monoisotopic (exact) mass is 500 g/mol. The molecule has 0 aromatic heterocycles. The molecule has 1 aromatic rings. The number of halogens is 3. The van der Waals surface area contributed by atoms with E-state index in [1.165, 1.54) is 12.1 Å². The van der Waals surface area contributed by atoms with E-state index < -0.39 is 11.9 Å². The smallest absolute Gasteiger partial charge is 0.220 e. The number of hydrogen-bond acceptors (Lipinski definition) is 7. The Bertz CT molecular complexity index is 945. The van der Waals surface area contributed by atoms with Crippen molar-refractivity contribution in [2.45, 2.75) is 32.4 Å². The molecule has 2 heterocycles. The topological polar surface area (TPSA) is 120 Å². The van der Waals surface area contributed by atoms with E-state index >= 15 is 0 Å². The minimum absolute atomic E-state index is 0.0153. The number of allylic oxidation sites excluding steroid dienone is 1. The van der Waals surface area contributed by atoms with E-state index in [4.69, 9.17) is 39.5 Å². The summed E-state index contributed by atoms with van der Waals surface area (Å²) >= 11 is 12.5. The lowest BCUT2D eigenvalue weighted by molar-refractivity contribution is -0.316. The highest BCUT2D eigenvalue weighted by molar-refractivity contribution is 6.36. The van der Waals surface area contributed by atoms with Gasteiger partial charge in [0.1, 0.15) is 17.6 Å². The Labute approximate surface area is 204 Å². The van der Waals surface area contributed by atoms with Crippen LogP contribution in [0.1, 0.15) is 25.3 Å². The van der Waals surface area contributed by atoms with Gasteiger partial charge < -0.3 is 37.2 Å². The maximum atomic E-state index is 14.0. The molecule has 0 saturated carbocycles. The van der Waals surface area contributed by atoms with Gasteiger partial charge in [-0.15, -0.1) is 5.10 Å². The van der Waals surface area contributed by atoms with Crippen LogP contribution in [0, 0.1) is 11.7 Å². The van der Waals surface area contributed by atoms with Crippen LogP contribution in [-0.4, -0.2) is 55.0 Å². The first kappa shape index (κ1) is 25.4. The number of nitrogens with zero attached hydrogens (tertiary/aromatic N) is 3. The summed E-state index contributed by atoms with van der Waals surface area (Å²) in [5.74, 6) is 6.52. The fourth-order valence-corrected chi connectivity index (χ4v) is 4.49. The zero-order valence-electron chi connectivity index (χ0n) is 19.1. The number of hydrazone groups is 1. The highest BCUT2D eigenvalue weighted by Gasteiger charge is 2.26. The Hall–Kier alpha value is -2.20. The maximum Gasteiger partial charge on any atom is 0.220 e. The van der Waals surface area contributed by atoms with Gasteiger partial charge in [-0.25, -0.2) is 4.39 Å². The van der Waals surface area contributed by atoms with Crippen molar-refractivity contribution >= 4 is 29.1 Å². The number of benzene rings is 1. The summed E-state index contributed by atoms with van der Waals surface area (Å²) < 4.78 is 20.1. The average molecular weight is 501 g/mol. The third kappa shape index (κ3) is 6.23. The van der Waals surface area contributed by atoms with Crippen LogP contribution in [0.25, 0.3) is 0 Å². The van der Waals surface area contributed by atoms with E-state index in [2.05, 4.69) is 28.1 Å². The number of hydrogen-bond donors (Lipinski definition) is 4. The molecule has 3 rings (SSSR count). The predicted octanol–water partition coefficient (Wildman–Crippen LogP) is 1.81. The molecule has 182 valence electrons. The van der Waals surface area contributed by atoms with Crippen LogP contribution in [0.5, 0.6) is 0 Å². The van der Waals surface area contributed by atoms with E-state index in [-0.39, 0.29) is 10.9 Å². The van der Waals surface area contributed by atoms with Gasteiger partial charge in [-0.2, -0.15) is 0 Å². The van der Waals surface area contributed by atoms with Crippen LogP contribution in [0.4, 0.5) is 4.39 Å². The SMILES string of the molecule is CC(OC(=NN)C1CCN(C)CC1)C(N)=CC1=C([NH3+])NCCN1Cc1c(Cl)ccc(F)c1Cl. The molecule has 1 aromatic carbocycles. The second-order valence-electron chi connectivity index (χ2n) is 8.48. The van der Waals surface area contributed by atoms with Crippen LogP contribution in [0.15, 0.2) is 40.5 Å². The zero-order chi connectivity index (χ0) is 24.1. The summed E-state index contributed by atoms with van der Waals surface area (Å²) in [5, 5.41) is 7.56. The summed E-state index contributed by atoms with van der Waals surface area (Å²) in [6.45, 7) is 5.42. The minimum Gasteiger partial charge on any atom is -0.470 e. The van der Waals surface area contributed by atoms with Crippen molar-refractivity contribution in [1.82, 2.24) is 15.1 Å². The lowest BCUT2D eigenvalue weighted by Gasteiger charge is -2.32. The zero-order valence-corrected chi connectivity index (χ0v) is 20.6. The summed E-state index contributed by atoms with van der Waals surface area (Å²) in [6.07, 6.45) is 3.23. The van der Waals surface area contributed by atoms with Crippen LogP contribution in [0.3, 0.4) is 0 Å². The lowest BCUT2D eigenvalue weighted by Crippen LogP contribution is -2.59. The van der Waals surface area contributed by atoms with Gasteiger partial charge in [-0.1, -0.05) is 23.2 Å². The minimum atomic E-state index is -0.508. The fraction of sp³-hybridized carbons (Fsp3) is 0.500. The normalized spacial score (nSPS) is 20.1. The molecule has 1 unspecified atom stereocenters. The Morgan fingerprint density at radius 3 is 2.73 bits per heavy atom. The van der Waals surface area contributed by atoms with Crippen molar-refractivity contribution in [2.75, 3.05) is 33.2 Å². The molecule has 11 heteroatoms. The van der Waals surface area contributed by atoms with Crippen molar-refractivity contribution < 1.29 is 14.9 Å². The number of quaternary nitrogens is 1. The predicted molar refractivity (Wildman–Crippen MR) is 129 cm³/mol. The van der Waals surface area contributed by atoms with Gasteiger partial charge >= 0.3 is 0 Å². The van der Waals surface area contributed by atoms with Crippen molar-refractivity contribution in [3.8, 4) is 0 Å². The molecule has 2 aliphatic rings. The first-order valence-corrected chi connectivity index (χ1v) is 11.7. The summed E-state index contributed by atoms with van der Waals surface area (Å²) in [4.78, 5) is 4.28. The molecule has 1 fully saturated rings. The molecule has 2 aliphatic heterocycles. The van der Waals surface area contributed by atoms with E-state index in [9.17, 15) is 4.39 Å². The van der Waals surface area contributed by atoms with Crippen molar-refractivity contribution in [3.05, 3.63) is 56.8 Å². The summed E-state index contributed by atoms with van der Waals surface area (Å²) in [7, 11) is 2.10. The quantitative estimate of drug-likeness (QED) is 0.155. The molecular weight excluding hydrogens is 468 g/mol. The maximum absolute atomic E-state index is 14.0. The summed E-state index contributed by atoms with van der Waals surface area (Å²) in [6, 6.07) is 2.76. The molecule has 0 radical (unpaired) electrons. The van der Waals surface area contributed by atoms with Crippen molar-refractivity contribution in [1.29, 1.82) is 0 Å². The second kappa shape index (κ2) is 11.3. The van der Waals surface area contributed by atoms with Crippen LogP contribution < -0.4 is 22.6 Å². The highest BCUT2D eigenvalue weighted by atomic mass is 35.5. The molecule has 0 aliphatic carbocycles. The van der Waals surface area contributed by atoms with E-state index in [0.717, 1.165) is 31.6 Å². The van der Waals surface area contributed by atoms with Gasteiger partial charge in [0.2, 0.25) is 11.7 Å². The van der Waals surface area contributed by atoms with Gasteiger partial charge in [0.15, 0.2) is 0 Å². The average Bonchev–Trinajstić information content (AvgIpc) is 2.80. The van der Waals surface area contributed by atoms with E-state index in [0.29, 0.717) is 47.6 Å². The number of likely N-dealkylation sites (tertiary alicyclic amines) is 1. The third-order valence-electron chi connectivity index (χ3n) is 6.12. The van der Waals surface area contributed by atoms with Crippen molar-refractivity contribution in [3.63, 3.8) is 0 Å². The van der Waals surface area contributed by atoms with E-state index in [1.54, 1.807) is 0 Å². The van der Waals surface area contributed by atoms with Crippen LogP contribution >= 0.6 is 23.2 Å². The molecule has 1 atom stereocenters. The van der Waals surface area contributed by atoms with Gasteiger partial charge in [0.05, 0.1) is 10.7 Å². The third-order valence-corrected chi connectivity index (χ3v) is 6.89. The molecule has 0 amide bonds. The fourth-order valence-electron chi connectivity index (χ4n) is 4.00. The van der Waals surface area contributed by atoms with Crippen LogP contribution in [0.2, 0.25) is 10.0 Å². The Morgan fingerprint density at radius 1 is 1.36 bits per heavy atom. The molecular formula is C22H33Cl2FN7O+. The highest BCUT2D eigenvalue weighted by Crippen LogP contribution is 2.30. The van der Waals surface area contributed by atoms with Gasteiger partial charge in [-0.3, -0.25) is 0 Å². The number of nitrogens with one attached hydrogen (secondary N) is 1. The molecule has 1 saturated heterocycles. The lowest BCUT2D eigenvalue weighted by atomic mass is 9.97. The number of piperidine rings is 1. The standard InChI is InChI=1S/C22H32Cl2FN7O/c1-13(33-22(30-28)14-5-8-31(2)9-6-14)18(26)11-19-21(27)29-7-10-32(19)12-15-16(23)3-4-17(25)20(15)24/h3-4,11,13-14,29H,5-10,12,26-28H2,1-2H3/p+1. The molecule has 0 bridgehead atoms. The number of nitrogens with two attached hydrogens (primary N) is 2. The van der Waals surface area contributed by atoms with Gasteiger partial charge in [0, 0.05) is 36.1 Å². The Morgan fingerprint density at radius 2 is 2.06 bits per heavy atom. The molecule has 8 nitrogen and oxygen atoms in total. The second-order valence-corrected chi connectivity index (χ2v) is 9.27. The number of rotatable bonds is 6. The summed E-state index contributed by atoms with van der Waals surface area (Å²) in [5.41, 5.74) is 12.3. The molecule has 33 heavy (non-hydrogen) atoms. The Kier molecular flexibility index (Phi) is 8.69. The van der Waals surface area contributed by atoms with Gasteiger partial charge in [-0.05, 0) is 58.1 Å². The molecule has 8 N–H and O–H groups in total. The number of ether oxygens (including phenoxy) is 1. The largest absolute Gasteiger partial charge is 0.470 e. The van der Waals surface area contributed by atoms with Crippen LogP contribution in [-0.2, 0) is 11.3 Å². The van der Waals surface area contributed by atoms with Crippen molar-refractivity contribution in [2.24, 2.45) is 22.6 Å². The molecule has 0 spiro atoms. The Balaban J connectivity index is 1.76. The first-order valence-electron chi connectivity index (χ1n) is 11.0.